The summed E-state index contributed by atoms with van der Waals surface area (Å²) < 4.78 is 13.2. The number of carbonyl (C=O) groups excluding carboxylic acids is 1. The molecule has 1 aliphatic rings. The Hall–Kier alpha value is -3.28. The predicted octanol–water partition coefficient (Wildman–Crippen LogP) is 4.45. The normalized spacial score (nSPS) is 15.6. The van der Waals surface area contributed by atoms with E-state index in [4.69, 9.17) is 9.47 Å². The van der Waals surface area contributed by atoms with Crippen molar-refractivity contribution in [2.24, 2.45) is 0 Å². The van der Waals surface area contributed by atoms with Crippen LogP contribution < -0.4 is 14.8 Å². The number of hydrogen-bond acceptors (Lipinski definition) is 4. The van der Waals surface area contributed by atoms with Gasteiger partial charge in [-0.25, -0.2) is 4.68 Å². The van der Waals surface area contributed by atoms with Crippen molar-refractivity contribution in [1.29, 1.82) is 0 Å². The van der Waals surface area contributed by atoms with Gasteiger partial charge in [0, 0.05) is 17.9 Å². The number of hydrogen-bond donors (Lipinski definition) is 1. The Morgan fingerprint density at radius 2 is 1.79 bits per heavy atom. The van der Waals surface area contributed by atoms with Gasteiger partial charge in [-0.05, 0) is 50.6 Å². The second-order valence-corrected chi connectivity index (χ2v) is 7.07. The minimum absolute atomic E-state index is 0.0248. The largest absolute Gasteiger partial charge is 0.490 e. The van der Waals surface area contributed by atoms with Crippen LogP contribution in [0.3, 0.4) is 0 Å². The molecule has 0 spiro atoms. The Labute approximate surface area is 170 Å². The zero-order chi connectivity index (χ0) is 20.4. The number of nitrogens with zero attached hydrogens (tertiary/aromatic N) is 2. The third kappa shape index (κ3) is 3.70. The number of nitrogens with one attached hydrogen (secondary N) is 1. The summed E-state index contributed by atoms with van der Waals surface area (Å²) in [5, 5.41) is 7.56. The van der Waals surface area contributed by atoms with Gasteiger partial charge in [0.05, 0.1) is 25.1 Å². The minimum atomic E-state index is -0.0900. The van der Waals surface area contributed by atoms with Gasteiger partial charge in [-0.15, -0.1) is 0 Å². The molecule has 1 N–H and O–H groups in total. The molecule has 1 amide bonds. The molecule has 150 valence electrons. The molecule has 29 heavy (non-hydrogen) atoms. The molecule has 1 aliphatic heterocycles. The molecule has 1 atom stereocenters. The van der Waals surface area contributed by atoms with Crippen LogP contribution in [-0.4, -0.2) is 28.9 Å². The van der Waals surface area contributed by atoms with Crippen molar-refractivity contribution in [2.75, 3.05) is 18.5 Å². The maximum Gasteiger partial charge on any atom is 0.226 e. The summed E-state index contributed by atoms with van der Waals surface area (Å²) in [7, 11) is 0. The van der Waals surface area contributed by atoms with Crippen molar-refractivity contribution in [3.63, 3.8) is 0 Å². The summed E-state index contributed by atoms with van der Waals surface area (Å²) >= 11 is 0. The van der Waals surface area contributed by atoms with Gasteiger partial charge < -0.3 is 14.8 Å². The predicted molar refractivity (Wildman–Crippen MR) is 112 cm³/mol. The number of aromatic nitrogens is 2. The number of fused-ring (bicyclic) bond motifs is 1. The molecule has 0 saturated heterocycles. The lowest BCUT2D eigenvalue weighted by atomic mass is 9.87. The first-order valence-electron chi connectivity index (χ1n) is 9.95. The molecule has 6 nitrogen and oxygen atoms in total. The first-order valence-corrected chi connectivity index (χ1v) is 9.95. The van der Waals surface area contributed by atoms with E-state index in [0.29, 0.717) is 31.1 Å². The van der Waals surface area contributed by atoms with E-state index < -0.39 is 0 Å². The molecule has 0 aliphatic carbocycles. The summed E-state index contributed by atoms with van der Waals surface area (Å²) in [6.07, 6.45) is 2.21. The fraction of sp³-hybridized carbons (Fsp3) is 0.304. The first kappa shape index (κ1) is 19.1. The molecule has 1 aromatic heterocycles. The second-order valence-electron chi connectivity index (χ2n) is 7.07. The topological polar surface area (TPSA) is 65.4 Å². The van der Waals surface area contributed by atoms with Gasteiger partial charge >= 0.3 is 0 Å². The molecule has 2 aromatic carbocycles. The monoisotopic (exact) mass is 391 g/mol. The lowest BCUT2D eigenvalue weighted by Crippen LogP contribution is -2.24. The number of anilines is 1. The number of amides is 1. The summed E-state index contributed by atoms with van der Waals surface area (Å²) in [5.41, 5.74) is 4.10. The van der Waals surface area contributed by atoms with E-state index in [2.05, 4.69) is 10.4 Å². The Morgan fingerprint density at radius 3 is 2.52 bits per heavy atom. The maximum absolute atomic E-state index is 12.5. The third-order valence-corrected chi connectivity index (χ3v) is 5.07. The maximum atomic E-state index is 12.5. The van der Waals surface area contributed by atoms with Crippen LogP contribution in [0.5, 0.6) is 11.5 Å². The zero-order valence-corrected chi connectivity index (χ0v) is 16.9. The van der Waals surface area contributed by atoms with Gasteiger partial charge in [-0.1, -0.05) is 23.8 Å². The molecular formula is C23H25N3O3. The summed E-state index contributed by atoms with van der Waals surface area (Å²) in [6, 6.07) is 14.0. The molecule has 0 fully saturated rings. The number of aryl methyl sites for hydroxylation is 1. The van der Waals surface area contributed by atoms with Gasteiger partial charge in [0.1, 0.15) is 5.82 Å². The molecular weight excluding hydrogens is 366 g/mol. The standard InChI is InChI=1S/C23H25N3O3/c1-4-28-20-11-8-16(12-21(20)29-5-2)18-13-22(27)25-23-19(18)14-24-26(23)17-9-6-15(3)7-10-17/h6-12,14,18H,4-5,13H2,1-3H3,(H,25,27)/t18-/m1/s1. The van der Waals surface area contributed by atoms with Crippen molar-refractivity contribution < 1.29 is 14.3 Å². The minimum Gasteiger partial charge on any atom is -0.490 e. The highest BCUT2D eigenvalue weighted by atomic mass is 16.5. The molecule has 0 unspecified atom stereocenters. The van der Waals surface area contributed by atoms with Crippen LogP contribution in [0.4, 0.5) is 5.82 Å². The number of benzene rings is 2. The third-order valence-electron chi connectivity index (χ3n) is 5.07. The zero-order valence-electron chi connectivity index (χ0n) is 16.9. The van der Waals surface area contributed by atoms with Gasteiger partial charge in [-0.2, -0.15) is 5.10 Å². The number of ether oxygens (including phenoxy) is 2. The van der Waals surface area contributed by atoms with Crippen LogP contribution in [0.25, 0.3) is 5.69 Å². The summed E-state index contributed by atoms with van der Waals surface area (Å²) in [5.74, 6) is 2.03. The molecule has 4 rings (SSSR count). The van der Waals surface area contributed by atoms with E-state index in [0.717, 1.165) is 22.6 Å². The molecule has 6 heteroatoms. The van der Waals surface area contributed by atoms with Crippen molar-refractivity contribution in [1.82, 2.24) is 9.78 Å². The van der Waals surface area contributed by atoms with Crippen LogP contribution in [0.1, 0.15) is 42.9 Å². The Kier molecular flexibility index (Phi) is 5.25. The molecule has 0 bridgehead atoms. The van der Waals surface area contributed by atoms with Gasteiger partial charge in [0.25, 0.3) is 0 Å². The van der Waals surface area contributed by atoms with Gasteiger partial charge in [-0.3, -0.25) is 4.79 Å². The van der Waals surface area contributed by atoms with E-state index in [1.165, 1.54) is 5.56 Å². The highest BCUT2D eigenvalue weighted by molar-refractivity contribution is 5.94. The van der Waals surface area contributed by atoms with Gasteiger partial charge in [0.2, 0.25) is 5.91 Å². The van der Waals surface area contributed by atoms with Crippen molar-refractivity contribution >= 4 is 11.7 Å². The van der Waals surface area contributed by atoms with E-state index in [1.54, 1.807) is 4.68 Å². The highest BCUT2D eigenvalue weighted by Gasteiger charge is 2.31. The fourth-order valence-corrected chi connectivity index (χ4v) is 3.68. The summed E-state index contributed by atoms with van der Waals surface area (Å²) in [6.45, 7) is 7.05. The molecule has 2 heterocycles. The lowest BCUT2D eigenvalue weighted by Gasteiger charge is -2.24. The van der Waals surface area contributed by atoms with Gasteiger partial charge in [0.15, 0.2) is 11.5 Å². The van der Waals surface area contributed by atoms with E-state index in [1.807, 2.05) is 69.4 Å². The van der Waals surface area contributed by atoms with Crippen LogP contribution in [0.15, 0.2) is 48.7 Å². The lowest BCUT2D eigenvalue weighted by molar-refractivity contribution is -0.116. The van der Waals surface area contributed by atoms with Crippen LogP contribution in [-0.2, 0) is 4.79 Å². The van der Waals surface area contributed by atoms with Crippen molar-refractivity contribution in [3.8, 4) is 17.2 Å². The highest BCUT2D eigenvalue weighted by Crippen LogP contribution is 2.40. The number of rotatable bonds is 6. The van der Waals surface area contributed by atoms with Crippen LogP contribution in [0, 0.1) is 6.92 Å². The molecule has 3 aromatic rings. The molecule has 0 radical (unpaired) electrons. The molecule has 0 saturated carbocycles. The van der Waals surface area contributed by atoms with E-state index in [-0.39, 0.29) is 11.8 Å². The smallest absolute Gasteiger partial charge is 0.226 e. The fourth-order valence-electron chi connectivity index (χ4n) is 3.68. The second kappa shape index (κ2) is 7.99. The van der Waals surface area contributed by atoms with Crippen molar-refractivity contribution in [2.45, 2.75) is 33.1 Å². The Balaban J connectivity index is 1.75. The number of carbonyl (C=O) groups is 1. The van der Waals surface area contributed by atoms with Crippen molar-refractivity contribution in [3.05, 3.63) is 65.4 Å². The Bertz CT molecular complexity index is 1020. The Morgan fingerprint density at radius 1 is 1.07 bits per heavy atom. The first-order chi connectivity index (χ1) is 14.1. The van der Waals surface area contributed by atoms with E-state index in [9.17, 15) is 4.79 Å². The SMILES string of the molecule is CCOc1ccc([C@H]2CC(=O)Nc3c2cnn3-c2ccc(C)cc2)cc1OCC. The summed E-state index contributed by atoms with van der Waals surface area (Å²) in [4.78, 5) is 12.5. The van der Waals surface area contributed by atoms with E-state index >= 15 is 0 Å². The average Bonchev–Trinajstić information content (AvgIpc) is 3.13. The average molecular weight is 391 g/mol. The quantitative estimate of drug-likeness (QED) is 0.674. The van der Waals surface area contributed by atoms with Crippen LogP contribution in [0.2, 0.25) is 0 Å². The van der Waals surface area contributed by atoms with Crippen LogP contribution >= 0.6 is 0 Å².